The van der Waals surface area contributed by atoms with E-state index in [1.165, 1.54) is 26.2 Å². The Morgan fingerprint density at radius 3 is 2.29 bits per heavy atom. The second kappa shape index (κ2) is 7.34. The van der Waals surface area contributed by atoms with Gasteiger partial charge in [-0.05, 0) is 90.9 Å². The second-order valence-electron chi connectivity index (χ2n) is 5.92. The quantitative estimate of drug-likeness (QED) is 0.358. The Bertz CT molecular complexity index is 856. The molecule has 0 fully saturated rings. The van der Waals surface area contributed by atoms with E-state index in [4.69, 9.17) is 0 Å². The number of benzene rings is 2. The van der Waals surface area contributed by atoms with Gasteiger partial charge in [-0.3, -0.25) is 4.99 Å². The summed E-state index contributed by atoms with van der Waals surface area (Å²) in [5, 5.41) is 0. The molecule has 0 bridgehead atoms. The van der Waals surface area contributed by atoms with Crippen molar-refractivity contribution in [3.63, 3.8) is 0 Å². The van der Waals surface area contributed by atoms with Gasteiger partial charge in [0.25, 0.3) is 0 Å². The lowest BCUT2D eigenvalue weighted by molar-refractivity contribution is 0.964. The van der Waals surface area contributed by atoms with Gasteiger partial charge < -0.3 is 4.57 Å². The molecule has 0 amide bonds. The molecule has 0 atom stereocenters. The monoisotopic (exact) mass is 428 g/mol. The smallest absolute Gasteiger partial charge is 0.0630 e. The van der Waals surface area contributed by atoms with Gasteiger partial charge in [-0.15, -0.1) is 0 Å². The Kier molecular flexibility index (Phi) is 5.19. The van der Waals surface area contributed by atoms with E-state index in [0.29, 0.717) is 0 Å². The summed E-state index contributed by atoms with van der Waals surface area (Å²) in [6.07, 6.45) is 3.02. The van der Waals surface area contributed by atoms with E-state index in [1.54, 1.807) is 0 Å². The van der Waals surface area contributed by atoms with Crippen molar-refractivity contribution in [2.75, 3.05) is 0 Å². The fraction of sp³-hybridized carbons (Fsp3) is 0.190. The van der Waals surface area contributed by atoms with Crippen LogP contribution in [0.25, 0.3) is 5.69 Å². The van der Waals surface area contributed by atoms with Gasteiger partial charge >= 0.3 is 0 Å². The average Bonchev–Trinajstić information content (AvgIpc) is 2.88. The van der Waals surface area contributed by atoms with Crippen molar-refractivity contribution in [1.29, 1.82) is 0 Å². The van der Waals surface area contributed by atoms with Gasteiger partial charge in [0.1, 0.15) is 0 Å². The SMILES string of the molecule is CCc1ccc(N=Cc2cc(C)n(-c3ccc(I)cc3)c2C)cc1. The third-order valence-electron chi connectivity index (χ3n) is 4.25. The zero-order chi connectivity index (χ0) is 17.1. The molecule has 3 heteroatoms. The molecule has 0 unspecified atom stereocenters. The van der Waals surface area contributed by atoms with Crippen LogP contribution in [0.2, 0.25) is 0 Å². The van der Waals surface area contributed by atoms with E-state index < -0.39 is 0 Å². The number of aryl methyl sites for hydroxylation is 2. The molecule has 0 saturated heterocycles. The predicted molar refractivity (Wildman–Crippen MR) is 111 cm³/mol. The number of rotatable bonds is 4. The molecule has 3 aromatic rings. The second-order valence-corrected chi connectivity index (χ2v) is 7.16. The van der Waals surface area contributed by atoms with Crippen molar-refractivity contribution in [3.8, 4) is 5.69 Å². The van der Waals surface area contributed by atoms with Gasteiger partial charge in [-0.1, -0.05) is 19.1 Å². The van der Waals surface area contributed by atoms with E-state index in [1.807, 2.05) is 6.21 Å². The maximum atomic E-state index is 4.64. The maximum Gasteiger partial charge on any atom is 0.0630 e. The number of hydrogen-bond donors (Lipinski definition) is 0. The lowest BCUT2D eigenvalue weighted by Gasteiger charge is -2.09. The maximum absolute atomic E-state index is 4.64. The first-order valence-electron chi connectivity index (χ1n) is 8.16. The van der Waals surface area contributed by atoms with Gasteiger partial charge in [0.15, 0.2) is 0 Å². The van der Waals surface area contributed by atoms with Crippen molar-refractivity contribution in [3.05, 3.63) is 80.7 Å². The molecule has 0 saturated carbocycles. The van der Waals surface area contributed by atoms with Crippen LogP contribution in [-0.4, -0.2) is 10.8 Å². The lowest BCUT2D eigenvalue weighted by atomic mass is 10.1. The molecule has 0 N–H and O–H groups in total. The normalized spacial score (nSPS) is 11.3. The third-order valence-corrected chi connectivity index (χ3v) is 4.97. The first-order valence-corrected chi connectivity index (χ1v) is 9.24. The molecular weight excluding hydrogens is 407 g/mol. The number of nitrogens with zero attached hydrogens (tertiary/aromatic N) is 2. The van der Waals surface area contributed by atoms with E-state index in [0.717, 1.165) is 17.7 Å². The molecule has 122 valence electrons. The summed E-state index contributed by atoms with van der Waals surface area (Å²) in [5.41, 5.74) is 7.11. The summed E-state index contributed by atoms with van der Waals surface area (Å²) in [6, 6.07) is 19.2. The zero-order valence-corrected chi connectivity index (χ0v) is 16.4. The van der Waals surface area contributed by atoms with E-state index in [-0.39, 0.29) is 0 Å². The predicted octanol–water partition coefficient (Wildman–Crippen LogP) is 6.01. The minimum atomic E-state index is 0.992. The number of aliphatic imine (C=N–C) groups is 1. The molecule has 1 heterocycles. The van der Waals surface area contributed by atoms with Gasteiger partial charge in [-0.2, -0.15) is 0 Å². The minimum absolute atomic E-state index is 0.992. The molecule has 24 heavy (non-hydrogen) atoms. The van der Waals surface area contributed by atoms with Crippen LogP contribution in [0, 0.1) is 17.4 Å². The van der Waals surface area contributed by atoms with Gasteiger partial charge in [0, 0.05) is 32.4 Å². The Morgan fingerprint density at radius 2 is 1.67 bits per heavy atom. The summed E-state index contributed by atoms with van der Waals surface area (Å²) in [7, 11) is 0. The highest BCUT2D eigenvalue weighted by Gasteiger charge is 2.09. The first kappa shape index (κ1) is 17.0. The van der Waals surface area contributed by atoms with Crippen LogP contribution in [0.5, 0.6) is 0 Å². The standard InChI is InChI=1S/C21H21IN2/c1-4-17-5-9-20(10-6-17)23-14-18-13-15(2)24(16(18)3)21-11-7-19(22)8-12-21/h5-14H,4H2,1-3H3. The van der Waals surface area contributed by atoms with Crippen LogP contribution in [-0.2, 0) is 6.42 Å². The molecular formula is C21H21IN2. The Balaban J connectivity index is 1.90. The average molecular weight is 428 g/mol. The molecule has 2 aromatic carbocycles. The van der Waals surface area contributed by atoms with E-state index in [9.17, 15) is 0 Å². The molecule has 0 aliphatic heterocycles. The van der Waals surface area contributed by atoms with Crippen LogP contribution >= 0.6 is 22.6 Å². The van der Waals surface area contributed by atoms with Crippen molar-refractivity contribution in [1.82, 2.24) is 4.57 Å². The molecule has 1 aromatic heterocycles. The van der Waals surface area contributed by atoms with Crippen molar-refractivity contribution in [2.24, 2.45) is 4.99 Å². The van der Waals surface area contributed by atoms with Crippen molar-refractivity contribution < 1.29 is 0 Å². The summed E-state index contributed by atoms with van der Waals surface area (Å²) in [5.74, 6) is 0. The Hall–Kier alpha value is -1.88. The van der Waals surface area contributed by atoms with Crippen molar-refractivity contribution >= 4 is 34.5 Å². The third kappa shape index (κ3) is 3.61. The first-order chi connectivity index (χ1) is 11.6. The van der Waals surface area contributed by atoms with Crippen LogP contribution in [0.1, 0.15) is 29.4 Å². The molecule has 0 aliphatic carbocycles. The minimum Gasteiger partial charge on any atom is -0.318 e. The van der Waals surface area contributed by atoms with Crippen LogP contribution < -0.4 is 0 Å². The number of halogens is 1. The molecule has 0 spiro atoms. The summed E-state index contributed by atoms with van der Waals surface area (Å²) < 4.78 is 3.52. The molecule has 2 nitrogen and oxygen atoms in total. The van der Waals surface area contributed by atoms with Gasteiger partial charge in [0.05, 0.1) is 5.69 Å². The highest BCUT2D eigenvalue weighted by atomic mass is 127. The van der Waals surface area contributed by atoms with Crippen molar-refractivity contribution in [2.45, 2.75) is 27.2 Å². The molecule has 3 rings (SSSR count). The molecule has 0 aliphatic rings. The highest BCUT2D eigenvalue weighted by molar-refractivity contribution is 14.1. The Labute approximate surface area is 157 Å². The molecule has 0 radical (unpaired) electrons. The van der Waals surface area contributed by atoms with E-state index in [2.05, 4.69) is 108 Å². The number of aromatic nitrogens is 1. The van der Waals surface area contributed by atoms with Gasteiger partial charge in [-0.25, -0.2) is 0 Å². The largest absolute Gasteiger partial charge is 0.318 e. The summed E-state index contributed by atoms with van der Waals surface area (Å²) in [4.78, 5) is 4.64. The van der Waals surface area contributed by atoms with Gasteiger partial charge in [0.2, 0.25) is 0 Å². The van der Waals surface area contributed by atoms with Crippen LogP contribution in [0.3, 0.4) is 0 Å². The Morgan fingerprint density at radius 1 is 1.00 bits per heavy atom. The van der Waals surface area contributed by atoms with E-state index >= 15 is 0 Å². The summed E-state index contributed by atoms with van der Waals surface area (Å²) >= 11 is 2.33. The highest BCUT2D eigenvalue weighted by Crippen LogP contribution is 2.21. The van der Waals surface area contributed by atoms with Crippen LogP contribution in [0.15, 0.2) is 59.6 Å². The van der Waals surface area contributed by atoms with Crippen LogP contribution in [0.4, 0.5) is 5.69 Å². The summed E-state index contributed by atoms with van der Waals surface area (Å²) in [6.45, 7) is 6.45. The lowest BCUT2D eigenvalue weighted by Crippen LogP contribution is -1.99. The topological polar surface area (TPSA) is 17.3 Å². The number of hydrogen-bond acceptors (Lipinski definition) is 1. The zero-order valence-electron chi connectivity index (χ0n) is 14.3. The fourth-order valence-corrected chi connectivity index (χ4v) is 3.23. The fourth-order valence-electron chi connectivity index (χ4n) is 2.87.